The number of Topliss-reactive ketones (excluding diaryl/α,β-unsaturated/α-hetero) is 2. The highest BCUT2D eigenvalue weighted by atomic mass is 16.5. The molecule has 7 heteroatoms. The first-order valence-corrected chi connectivity index (χ1v) is 8.40. The summed E-state index contributed by atoms with van der Waals surface area (Å²) in [5.41, 5.74) is 4.63. The van der Waals surface area contributed by atoms with Gasteiger partial charge in [0, 0.05) is 23.2 Å². The molecule has 0 spiro atoms. The maximum atomic E-state index is 12.5. The molecule has 1 unspecified atom stereocenters. The van der Waals surface area contributed by atoms with Gasteiger partial charge in [-0.3, -0.25) is 19.8 Å². The number of methoxy groups -OCH3 is 1. The molecule has 1 atom stereocenters. The van der Waals surface area contributed by atoms with Crippen molar-refractivity contribution in [2.75, 3.05) is 12.4 Å². The molecule has 0 aliphatic carbocycles. The predicted molar refractivity (Wildman–Crippen MR) is 101 cm³/mol. The standard InChI is InChI=1S/C20H19N3O4/c1-12(24)13-3-7-15(8-4-13)21-20(26)18-11-17(22-23-18)19(25)14-5-9-16(27-2)10-6-14/h3-10,18,23H,11H2,1-2H3,(H,21,26). The van der Waals surface area contributed by atoms with E-state index in [9.17, 15) is 14.4 Å². The first kappa shape index (κ1) is 18.3. The molecule has 0 bridgehead atoms. The van der Waals surface area contributed by atoms with Crippen molar-refractivity contribution in [1.29, 1.82) is 0 Å². The third-order valence-electron chi connectivity index (χ3n) is 4.24. The van der Waals surface area contributed by atoms with E-state index in [0.29, 0.717) is 28.3 Å². The van der Waals surface area contributed by atoms with Crippen LogP contribution in [0, 0.1) is 0 Å². The van der Waals surface area contributed by atoms with Crippen molar-refractivity contribution in [2.45, 2.75) is 19.4 Å². The van der Waals surface area contributed by atoms with Crippen molar-refractivity contribution in [3.63, 3.8) is 0 Å². The Labute approximate surface area is 156 Å². The lowest BCUT2D eigenvalue weighted by Crippen LogP contribution is -2.35. The second-order valence-corrected chi connectivity index (χ2v) is 6.12. The Kier molecular flexibility index (Phi) is 5.30. The summed E-state index contributed by atoms with van der Waals surface area (Å²) >= 11 is 0. The summed E-state index contributed by atoms with van der Waals surface area (Å²) in [6.07, 6.45) is 0.197. The zero-order valence-electron chi connectivity index (χ0n) is 15.0. The van der Waals surface area contributed by atoms with E-state index in [0.717, 1.165) is 0 Å². The number of rotatable bonds is 6. The largest absolute Gasteiger partial charge is 0.497 e. The van der Waals surface area contributed by atoms with Crippen LogP contribution in [-0.4, -0.2) is 36.3 Å². The van der Waals surface area contributed by atoms with Crippen LogP contribution >= 0.6 is 0 Å². The summed E-state index contributed by atoms with van der Waals surface area (Å²) in [6, 6.07) is 12.7. The molecule has 138 valence electrons. The smallest absolute Gasteiger partial charge is 0.248 e. The van der Waals surface area contributed by atoms with Crippen LogP contribution in [0.25, 0.3) is 0 Å². The summed E-state index contributed by atoms with van der Waals surface area (Å²) in [5.74, 6) is 0.0876. The second-order valence-electron chi connectivity index (χ2n) is 6.12. The number of ketones is 2. The maximum Gasteiger partial charge on any atom is 0.248 e. The fourth-order valence-corrected chi connectivity index (χ4v) is 2.66. The highest BCUT2D eigenvalue weighted by Gasteiger charge is 2.29. The molecule has 1 aliphatic rings. The van der Waals surface area contributed by atoms with Crippen LogP contribution in [0.15, 0.2) is 53.6 Å². The van der Waals surface area contributed by atoms with Gasteiger partial charge in [-0.1, -0.05) is 0 Å². The third-order valence-corrected chi connectivity index (χ3v) is 4.24. The van der Waals surface area contributed by atoms with Gasteiger partial charge >= 0.3 is 0 Å². The first-order chi connectivity index (χ1) is 13.0. The molecule has 1 aliphatic heterocycles. The Morgan fingerprint density at radius 3 is 2.26 bits per heavy atom. The molecule has 27 heavy (non-hydrogen) atoms. The van der Waals surface area contributed by atoms with Crippen molar-refractivity contribution in [3.05, 3.63) is 59.7 Å². The van der Waals surface area contributed by atoms with E-state index in [1.54, 1.807) is 55.6 Å². The summed E-state index contributed by atoms with van der Waals surface area (Å²) in [4.78, 5) is 36.2. The van der Waals surface area contributed by atoms with Gasteiger partial charge < -0.3 is 10.1 Å². The van der Waals surface area contributed by atoms with Crippen molar-refractivity contribution >= 4 is 28.9 Å². The van der Waals surface area contributed by atoms with Crippen LogP contribution in [-0.2, 0) is 4.79 Å². The third kappa shape index (κ3) is 4.20. The van der Waals surface area contributed by atoms with Crippen molar-refractivity contribution in [3.8, 4) is 5.75 Å². The summed E-state index contributed by atoms with van der Waals surface area (Å²) < 4.78 is 5.07. The number of nitrogens with zero attached hydrogens (tertiary/aromatic N) is 1. The minimum atomic E-state index is -0.630. The van der Waals surface area contributed by atoms with E-state index in [-0.39, 0.29) is 23.9 Å². The molecule has 2 aromatic carbocycles. The average Bonchev–Trinajstić information content (AvgIpc) is 3.18. The fraction of sp³-hybridized carbons (Fsp3) is 0.200. The summed E-state index contributed by atoms with van der Waals surface area (Å²) in [7, 11) is 1.55. The van der Waals surface area contributed by atoms with Gasteiger partial charge in [0.25, 0.3) is 0 Å². The van der Waals surface area contributed by atoms with Crippen LogP contribution in [0.2, 0.25) is 0 Å². The fourth-order valence-electron chi connectivity index (χ4n) is 2.66. The van der Waals surface area contributed by atoms with Crippen LogP contribution in [0.3, 0.4) is 0 Å². The van der Waals surface area contributed by atoms with Gasteiger partial charge in [-0.25, -0.2) is 0 Å². The zero-order chi connectivity index (χ0) is 19.4. The van der Waals surface area contributed by atoms with Crippen LogP contribution in [0.5, 0.6) is 5.75 Å². The van der Waals surface area contributed by atoms with E-state index >= 15 is 0 Å². The molecule has 1 amide bonds. The molecule has 1 heterocycles. The van der Waals surface area contributed by atoms with Crippen molar-refractivity contribution in [2.24, 2.45) is 5.10 Å². The monoisotopic (exact) mass is 365 g/mol. The number of hydrogen-bond donors (Lipinski definition) is 2. The van der Waals surface area contributed by atoms with Gasteiger partial charge in [0.1, 0.15) is 17.5 Å². The molecule has 2 aromatic rings. The molecule has 3 rings (SSSR count). The number of anilines is 1. The predicted octanol–water partition coefficient (Wildman–Crippen LogP) is 2.44. The van der Waals surface area contributed by atoms with Gasteiger partial charge in [-0.05, 0) is 55.5 Å². The van der Waals surface area contributed by atoms with Gasteiger partial charge in [-0.2, -0.15) is 5.10 Å². The number of nitrogens with one attached hydrogen (secondary N) is 2. The first-order valence-electron chi connectivity index (χ1n) is 8.40. The molecular weight excluding hydrogens is 346 g/mol. The van der Waals surface area contributed by atoms with Crippen molar-refractivity contribution in [1.82, 2.24) is 5.43 Å². The molecule has 0 radical (unpaired) electrons. The highest BCUT2D eigenvalue weighted by Crippen LogP contribution is 2.16. The SMILES string of the molecule is COc1ccc(C(=O)C2=NNC(C(=O)Nc3ccc(C(C)=O)cc3)C2)cc1. The van der Waals surface area contributed by atoms with E-state index < -0.39 is 6.04 Å². The second kappa shape index (κ2) is 7.82. The van der Waals surface area contributed by atoms with E-state index in [1.165, 1.54) is 6.92 Å². The van der Waals surface area contributed by atoms with Gasteiger partial charge in [0.2, 0.25) is 11.7 Å². The minimum absolute atomic E-state index is 0.0413. The van der Waals surface area contributed by atoms with Crippen molar-refractivity contribution < 1.29 is 19.1 Å². The normalized spacial score (nSPS) is 15.5. The number of ether oxygens (including phenoxy) is 1. The highest BCUT2D eigenvalue weighted by molar-refractivity contribution is 6.46. The lowest BCUT2D eigenvalue weighted by atomic mass is 10.0. The topological polar surface area (TPSA) is 96.9 Å². The number of benzene rings is 2. The Morgan fingerprint density at radius 1 is 1.04 bits per heavy atom. The molecule has 0 saturated carbocycles. The number of amides is 1. The average molecular weight is 365 g/mol. The van der Waals surface area contributed by atoms with Gasteiger partial charge in [0.05, 0.1) is 7.11 Å². The molecule has 0 aromatic heterocycles. The molecule has 2 N–H and O–H groups in total. The number of hydrazone groups is 1. The van der Waals surface area contributed by atoms with E-state index in [2.05, 4.69) is 15.8 Å². The lowest BCUT2D eigenvalue weighted by molar-refractivity contribution is -0.117. The lowest BCUT2D eigenvalue weighted by Gasteiger charge is -2.11. The Balaban J connectivity index is 1.59. The zero-order valence-corrected chi connectivity index (χ0v) is 15.0. The number of carbonyl (C=O) groups excluding carboxylic acids is 3. The van der Waals surface area contributed by atoms with E-state index in [1.807, 2.05) is 0 Å². The Morgan fingerprint density at radius 2 is 1.67 bits per heavy atom. The molecule has 0 saturated heterocycles. The van der Waals surface area contributed by atoms with Gasteiger partial charge in [-0.15, -0.1) is 0 Å². The Hall–Kier alpha value is -3.48. The number of carbonyl (C=O) groups is 3. The summed E-state index contributed by atoms with van der Waals surface area (Å²) in [6.45, 7) is 1.48. The molecule has 0 fully saturated rings. The van der Waals surface area contributed by atoms with Crippen LogP contribution in [0.4, 0.5) is 5.69 Å². The molecule has 7 nitrogen and oxygen atoms in total. The van der Waals surface area contributed by atoms with Gasteiger partial charge in [0.15, 0.2) is 5.78 Å². The van der Waals surface area contributed by atoms with E-state index in [4.69, 9.17) is 4.74 Å². The summed E-state index contributed by atoms with van der Waals surface area (Å²) in [5, 5.41) is 6.77. The minimum Gasteiger partial charge on any atom is -0.497 e. The quantitative estimate of drug-likeness (QED) is 0.767. The van der Waals surface area contributed by atoms with Crippen LogP contribution in [0.1, 0.15) is 34.1 Å². The number of hydrogen-bond acceptors (Lipinski definition) is 6. The Bertz CT molecular complexity index is 902. The van der Waals surface area contributed by atoms with Crippen LogP contribution < -0.4 is 15.5 Å². The molecular formula is C20H19N3O4. The maximum absolute atomic E-state index is 12.5.